The molecule has 0 atom stereocenters. The van der Waals surface area contributed by atoms with E-state index in [0.29, 0.717) is 25.4 Å². The van der Waals surface area contributed by atoms with E-state index in [-0.39, 0.29) is 11.4 Å². The lowest BCUT2D eigenvalue weighted by Crippen LogP contribution is -2.50. The van der Waals surface area contributed by atoms with E-state index < -0.39 is 23.5 Å². The Kier molecular flexibility index (Phi) is 8.78. The molecule has 0 radical (unpaired) electrons. The van der Waals surface area contributed by atoms with E-state index in [2.05, 4.69) is 19.9 Å². The van der Waals surface area contributed by atoms with Crippen molar-refractivity contribution in [3.05, 3.63) is 23.2 Å². The maximum Gasteiger partial charge on any atom is 0.407 e. The summed E-state index contributed by atoms with van der Waals surface area (Å²) in [5.41, 5.74) is 0.400. The average Bonchev–Trinajstić information content (AvgIpc) is 3.16. The van der Waals surface area contributed by atoms with Gasteiger partial charge in [-0.15, -0.1) is 0 Å². The molecule has 0 aliphatic heterocycles. The Hall–Kier alpha value is -1.94. The maximum absolute atomic E-state index is 12.6. The fourth-order valence-electron chi connectivity index (χ4n) is 4.58. The highest BCUT2D eigenvalue weighted by Gasteiger charge is 2.41. The van der Waals surface area contributed by atoms with Gasteiger partial charge in [0.2, 0.25) is 5.28 Å². The number of hydrogen-bond acceptors (Lipinski definition) is 7. The van der Waals surface area contributed by atoms with Gasteiger partial charge in [-0.3, -0.25) is 0 Å². The lowest BCUT2D eigenvalue weighted by atomic mass is 9.79. The fraction of sp³-hybridized carbons (Fsp3) is 0.708. The number of hydrogen-bond donors (Lipinski definition) is 1. The first kappa shape index (κ1) is 26.7. The van der Waals surface area contributed by atoms with Gasteiger partial charge in [-0.05, 0) is 78.0 Å². The van der Waals surface area contributed by atoms with Crippen LogP contribution in [0.3, 0.4) is 0 Å². The van der Waals surface area contributed by atoms with Crippen molar-refractivity contribution in [3.8, 4) is 0 Å². The summed E-state index contributed by atoms with van der Waals surface area (Å²) in [4.78, 5) is 21.4. The van der Waals surface area contributed by atoms with Crippen molar-refractivity contribution in [2.75, 3.05) is 26.9 Å². The zero-order valence-corrected chi connectivity index (χ0v) is 21.8. The quantitative estimate of drug-likeness (QED) is 0.387. The van der Waals surface area contributed by atoms with Crippen LogP contribution in [0.5, 0.6) is 0 Å². The molecule has 9 nitrogen and oxygen atoms in total. The Bertz CT molecular complexity index is 960. The number of carbonyl (C=O) groups excluding carboxylic acids is 1. The van der Waals surface area contributed by atoms with Crippen LogP contribution in [0.4, 0.5) is 4.79 Å². The summed E-state index contributed by atoms with van der Waals surface area (Å²) in [6, 6.07) is 1.99. The molecule has 0 bridgehead atoms. The number of carbonyl (C=O) groups is 1. The summed E-state index contributed by atoms with van der Waals surface area (Å²) in [6.45, 7) is 10.7. The molecule has 2 heterocycles. The summed E-state index contributed by atoms with van der Waals surface area (Å²) < 4.78 is 25.2. The van der Waals surface area contributed by atoms with Crippen LogP contribution in [0, 0.1) is 0 Å². The largest absolute Gasteiger partial charge is 0.444 e. The van der Waals surface area contributed by atoms with E-state index in [1.54, 1.807) is 13.3 Å². The Morgan fingerprint density at radius 3 is 2.47 bits per heavy atom. The Balaban J connectivity index is 2.10. The second-order valence-electron chi connectivity index (χ2n) is 9.58. The molecule has 10 heteroatoms. The summed E-state index contributed by atoms with van der Waals surface area (Å²) in [5.74, 6) is 0. The molecule has 1 N–H and O–H groups in total. The van der Waals surface area contributed by atoms with E-state index in [0.717, 1.165) is 36.8 Å². The van der Waals surface area contributed by atoms with Crippen LogP contribution in [0.1, 0.15) is 72.3 Å². The summed E-state index contributed by atoms with van der Waals surface area (Å²) in [6.07, 6.45) is 3.98. The number of nitrogens with one attached hydrogen (secondary N) is 1. The second kappa shape index (κ2) is 11.2. The topological polar surface area (TPSA) is 96.7 Å². The minimum Gasteiger partial charge on any atom is -0.444 e. The third-order valence-corrected chi connectivity index (χ3v) is 6.23. The maximum atomic E-state index is 12.6. The van der Waals surface area contributed by atoms with Crippen LogP contribution in [0.2, 0.25) is 5.28 Å². The first-order valence-electron chi connectivity index (χ1n) is 11.9. The van der Waals surface area contributed by atoms with Crippen molar-refractivity contribution in [2.24, 2.45) is 0 Å². The summed E-state index contributed by atoms with van der Waals surface area (Å²) in [5, 5.41) is 3.98. The molecule has 0 unspecified atom stereocenters. The molecular weight excluding hydrogens is 460 g/mol. The second-order valence-corrected chi connectivity index (χ2v) is 9.92. The molecular formula is C24H37ClN4O5. The highest BCUT2D eigenvalue weighted by Crippen LogP contribution is 2.41. The molecule has 2 aromatic rings. The molecule has 0 spiro atoms. The Labute approximate surface area is 206 Å². The van der Waals surface area contributed by atoms with Gasteiger partial charge in [-0.2, -0.15) is 4.98 Å². The highest BCUT2D eigenvalue weighted by atomic mass is 35.5. The Morgan fingerprint density at radius 1 is 1.26 bits per heavy atom. The number of nitrogens with zero attached hydrogens (tertiary/aromatic N) is 3. The van der Waals surface area contributed by atoms with Gasteiger partial charge >= 0.3 is 6.09 Å². The van der Waals surface area contributed by atoms with E-state index in [4.69, 9.17) is 30.5 Å². The Morgan fingerprint density at radius 2 is 1.91 bits per heavy atom. The van der Waals surface area contributed by atoms with E-state index >= 15 is 0 Å². The third-order valence-electron chi connectivity index (χ3n) is 6.05. The van der Waals surface area contributed by atoms with Gasteiger partial charge in [0.15, 0.2) is 6.29 Å². The molecule has 190 valence electrons. The molecule has 1 saturated carbocycles. The normalized spacial score (nSPS) is 21.2. The van der Waals surface area contributed by atoms with Crippen LogP contribution in [0.15, 0.2) is 12.3 Å². The van der Waals surface area contributed by atoms with E-state index in [1.807, 2.05) is 40.7 Å². The lowest BCUT2D eigenvalue weighted by Gasteiger charge is -2.43. The molecule has 0 saturated heterocycles. The van der Waals surface area contributed by atoms with Gasteiger partial charge in [0.25, 0.3) is 0 Å². The van der Waals surface area contributed by atoms with Gasteiger partial charge in [-0.1, -0.05) is 0 Å². The number of ether oxygens (including phenoxy) is 4. The zero-order valence-electron chi connectivity index (χ0n) is 21.0. The monoisotopic (exact) mass is 496 g/mol. The van der Waals surface area contributed by atoms with Gasteiger partial charge in [-0.25, -0.2) is 9.78 Å². The van der Waals surface area contributed by atoms with E-state index in [1.165, 1.54) is 0 Å². The summed E-state index contributed by atoms with van der Waals surface area (Å²) in [7, 11) is 1.74. The number of fused-ring (bicyclic) bond motifs is 1. The van der Waals surface area contributed by atoms with Gasteiger partial charge < -0.3 is 28.8 Å². The van der Waals surface area contributed by atoms with Crippen molar-refractivity contribution < 1.29 is 23.7 Å². The lowest BCUT2D eigenvalue weighted by molar-refractivity contribution is -0.146. The molecule has 1 fully saturated rings. The first-order chi connectivity index (χ1) is 16.1. The number of alkyl carbamates (subject to hydrolysis) is 1. The van der Waals surface area contributed by atoms with Gasteiger partial charge in [0, 0.05) is 38.5 Å². The van der Waals surface area contributed by atoms with Crippen molar-refractivity contribution in [2.45, 2.75) is 83.8 Å². The fourth-order valence-corrected chi connectivity index (χ4v) is 4.71. The van der Waals surface area contributed by atoms with Crippen LogP contribution < -0.4 is 5.32 Å². The van der Waals surface area contributed by atoms with Crippen LogP contribution >= 0.6 is 11.6 Å². The predicted octanol–water partition coefficient (Wildman–Crippen LogP) is 4.97. The van der Waals surface area contributed by atoms with Gasteiger partial charge in [0.1, 0.15) is 11.2 Å². The number of rotatable bonds is 9. The van der Waals surface area contributed by atoms with Crippen molar-refractivity contribution >= 4 is 28.7 Å². The SMILES string of the molecule is CCOC(OCC)c1cc2cnc(Cl)nc2n1[C@]1(CNC(=O)OC(C)(C)C)CC[C@@H](OC)CC1. The number of methoxy groups -OCH3 is 1. The van der Waals surface area contributed by atoms with Crippen molar-refractivity contribution in [3.63, 3.8) is 0 Å². The van der Waals surface area contributed by atoms with Crippen LogP contribution in [-0.4, -0.2) is 59.2 Å². The minimum atomic E-state index is -0.596. The molecule has 3 rings (SSSR count). The predicted molar refractivity (Wildman–Crippen MR) is 130 cm³/mol. The third kappa shape index (κ3) is 6.19. The van der Waals surface area contributed by atoms with E-state index in [9.17, 15) is 4.79 Å². The highest BCUT2D eigenvalue weighted by molar-refractivity contribution is 6.28. The smallest absolute Gasteiger partial charge is 0.407 e. The minimum absolute atomic E-state index is 0.156. The van der Waals surface area contributed by atoms with Crippen LogP contribution in [0.25, 0.3) is 11.0 Å². The zero-order chi connectivity index (χ0) is 24.9. The number of amides is 1. The van der Waals surface area contributed by atoms with Gasteiger partial charge in [0.05, 0.1) is 17.3 Å². The first-order valence-corrected chi connectivity index (χ1v) is 12.3. The number of halogens is 1. The summed E-state index contributed by atoms with van der Waals surface area (Å²) >= 11 is 6.22. The standard InChI is InChI=1S/C24H37ClN4O5/c1-7-32-20(33-8-2)18-13-16-14-26-21(25)28-19(16)29(18)24(11-9-17(31-6)10-12-24)15-27-22(30)34-23(3,4)5/h13-14,17,20H,7-12,15H2,1-6H3,(H,27,30)/t17-,24-. The average molecular weight is 497 g/mol. The molecule has 34 heavy (non-hydrogen) atoms. The molecule has 2 aromatic heterocycles. The molecule has 0 aromatic carbocycles. The molecule has 1 amide bonds. The van der Waals surface area contributed by atoms with Crippen molar-refractivity contribution in [1.29, 1.82) is 0 Å². The number of aromatic nitrogens is 3. The van der Waals surface area contributed by atoms with Crippen LogP contribution in [-0.2, 0) is 24.5 Å². The molecule has 1 aliphatic carbocycles. The van der Waals surface area contributed by atoms with Crippen molar-refractivity contribution in [1.82, 2.24) is 19.9 Å². The molecule has 1 aliphatic rings.